The van der Waals surface area contributed by atoms with Crippen molar-refractivity contribution in [3.05, 3.63) is 62.0 Å². The van der Waals surface area contributed by atoms with E-state index in [1.54, 1.807) is 13.8 Å². The minimum absolute atomic E-state index is 0.102. The van der Waals surface area contributed by atoms with Gasteiger partial charge in [0.25, 0.3) is 5.91 Å². The molecule has 0 saturated carbocycles. The average molecular weight is 345 g/mol. The smallest absolute Gasteiger partial charge is 0.324 e. The number of aromatic amines is 1. The molecule has 8 heteroatoms. The van der Waals surface area contributed by atoms with Crippen LogP contribution in [-0.4, -0.2) is 10.9 Å². The SMILES string of the molecule is Cc1cc(=O)[nH]c(C)c1NC(=O)c1cc(C(F)(F)F)ccc1Cl. The summed E-state index contributed by atoms with van der Waals surface area (Å²) >= 11 is 5.83. The summed E-state index contributed by atoms with van der Waals surface area (Å²) in [7, 11) is 0. The molecule has 23 heavy (non-hydrogen) atoms. The predicted octanol–water partition coefficient (Wildman–Crippen LogP) is 3.92. The molecule has 2 N–H and O–H groups in total. The van der Waals surface area contributed by atoms with Crippen LogP contribution in [0.4, 0.5) is 18.9 Å². The topological polar surface area (TPSA) is 62.0 Å². The summed E-state index contributed by atoms with van der Waals surface area (Å²) in [6.45, 7) is 3.17. The molecule has 0 fully saturated rings. The van der Waals surface area contributed by atoms with Crippen LogP contribution in [0.25, 0.3) is 0 Å². The fourth-order valence-corrected chi connectivity index (χ4v) is 2.30. The van der Waals surface area contributed by atoms with Crippen LogP contribution in [0.2, 0.25) is 5.02 Å². The first-order chi connectivity index (χ1) is 10.6. The van der Waals surface area contributed by atoms with E-state index in [9.17, 15) is 22.8 Å². The zero-order chi connectivity index (χ0) is 17.4. The summed E-state index contributed by atoms with van der Waals surface area (Å²) in [5.74, 6) is -0.792. The number of H-pyrrole nitrogens is 1. The summed E-state index contributed by atoms with van der Waals surface area (Å²) in [6.07, 6.45) is -4.58. The van der Waals surface area contributed by atoms with Crippen molar-refractivity contribution in [2.75, 3.05) is 5.32 Å². The molecule has 0 radical (unpaired) electrons. The van der Waals surface area contributed by atoms with Crippen LogP contribution in [-0.2, 0) is 6.18 Å². The highest BCUT2D eigenvalue weighted by molar-refractivity contribution is 6.34. The molecule has 0 aliphatic rings. The fourth-order valence-electron chi connectivity index (χ4n) is 2.10. The van der Waals surface area contributed by atoms with Gasteiger partial charge in [0.05, 0.1) is 21.8 Å². The van der Waals surface area contributed by atoms with Crippen molar-refractivity contribution in [3.63, 3.8) is 0 Å². The highest BCUT2D eigenvalue weighted by atomic mass is 35.5. The molecule has 0 saturated heterocycles. The number of aryl methyl sites for hydroxylation is 2. The summed E-state index contributed by atoms with van der Waals surface area (Å²) in [6, 6.07) is 3.78. The highest BCUT2D eigenvalue weighted by Crippen LogP contribution is 2.32. The van der Waals surface area contributed by atoms with Crippen LogP contribution in [0.3, 0.4) is 0 Å². The summed E-state index contributed by atoms with van der Waals surface area (Å²) < 4.78 is 38.2. The van der Waals surface area contributed by atoms with Gasteiger partial charge in [-0.3, -0.25) is 9.59 Å². The normalized spacial score (nSPS) is 11.4. The molecule has 0 aliphatic carbocycles. The van der Waals surface area contributed by atoms with Gasteiger partial charge in [-0.2, -0.15) is 13.2 Å². The van der Waals surface area contributed by atoms with E-state index in [2.05, 4.69) is 10.3 Å². The van der Waals surface area contributed by atoms with Gasteiger partial charge in [0.2, 0.25) is 5.56 Å². The Morgan fingerprint density at radius 1 is 1.22 bits per heavy atom. The molecule has 0 aliphatic heterocycles. The Balaban J connectivity index is 2.41. The van der Waals surface area contributed by atoms with E-state index in [0.29, 0.717) is 23.0 Å². The maximum Gasteiger partial charge on any atom is 0.416 e. The fraction of sp³-hybridized carbons (Fsp3) is 0.200. The number of aromatic nitrogens is 1. The second kappa shape index (κ2) is 6.08. The molecular weight excluding hydrogens is 333 g/mol. The molecular formula is C15H12ClF3N2O2. The Morgan fingerprint density at radius 3 is 2.43 bits per heavy atom. The maximum absolute atomic E-state index is 12.7. The third kappa shape index (κ3) is 3.73. The van der Waals surface area contributed by atoms with Crippen LogP contribution in [0.5, 0.6) is 0 Å². The number of anilines is 1. The molecule has 0 unspecified atom stereocenters. The lowest BCUT2D eigenvalue weighted by atomic mass is 10.1. The second-order valence-corrected chi connectivity index (χ2v) is 5.37. The summed E-state index contributed by atoms with van der Waals surface area (Å²) in [4.78, 5) is 26.1. The van der Waals surface area contributed by atoms with Crippen molar-refractivity contribution in [3.8, 4) is 0 Å². The number of carbonyl (C=O) groups excluding carboxylic acids is 1. The molecule has 1 aromatic carbocycles. The highest BCUT2D eigenvalue weighted by Gasteiger charge is 2.31. The number of nitrogens with one attached hydrogen (secondary N) is 2. The van der Waals surface area contributed by atoms with E-state index in [-0.39, 0.29) is 16.1 Å². The molecule has 0 bridgehead atoms. The van der Waals surface area contributed by atoms with Crippen LogP contribution in [0, 0.1) is 13.8 Å². The van der Waals surface area contributed by atoms with Gasteiger partial charge in [-0.1, -0.05) is 11.6 Å². The molecule has 122 valence electrons. The maximum atomic E-state index is 12.7. The predicted molar refractivity (Wildman–Crippen MR) is 80.9 cm³/mol. The van der Waals surface area contributed by atoms with Crippen molar-refractivity contribution in [2.45, 2.75) is 20.0 Å². The number of hydrogen-bond donors (Lipinski definition) is 2. The number of alkyl halides is 3. The lowest BCUT2D eigenvalue weighted by Crippen LogP contribution is -2.18. The summed E-state index contributed by atoms with van der Waals surface area (Å²) in [5, 5.41) is 2.38. The van der Waals surface area contributed by atoms with E-state index >= 15 is 0 Å². The lowest BCUT2D eigenvalue weighted by molar-refractivity contribution is -0.137. The third-order valence-corrected chi connectivity index (χ3v) is 3.53. The molecule has 1 amide bonds. The molecule has 4 nitrogen and oxygen atoms in total. The van der Waals surface area contributed by atoms with Gasteiger partial charge in [0.1, 0.15) is 0 Å². The Hall–Kier alpha value is -2.28. The van der Waals surface area contributed by atoms with Gasteiger partial charge in [-0.05, 0) is 37.6 Å². The number of rotatable bonds is 2. The van der Waals surface area contributed by atoms with Gasteiger partial charge in [0.15, 0.2) is 0 Å². The number of hydrogen-bond acceptors (Lipinski definition) is 2. The molecule has 1 heterocycles. The first kappa shape index (κ1) is 17.1. The number of halogens is 4. The zero-order valence-electron chi connectivity index (χ0n) is 12.1. The standard InChI is InChI=1S/C15H12ClF3N2O2/c1-7-5-12(22)20-8(2)13(7)21-14(23)10-6-9(15(17,18)19)3-4-11(10)16/h3-6H,1-2H3,(H,20,22)(H,21,23). The van der Waals surface area contributed by atoms with Crippen LogP contribution in [0.15, 0.2) is 29.1 Å². The van der Waals surface area contributed by atoms with Crippen molar-refractivity contribution in [2.24, 2.45) is 0 Å². The lowest BCUT2D eigenvalue weighted by Gasteiger charge is -2.13. The van der Waals surface area contributed by atoms with E-state index in [4.69, 9.17) is 11.6 Å². The molecule has 0 spiro atoms. The van der Waals surface area contributed by atoms with Crippen molar-refractivity contribution >= 4 is 23.2 Å². The molecule has 1 aromatic heterocycles. The van der Waals surface area contributed by atoms with Crippen molar-refractivity contribution < 1.29 is 18.0 Å². The van der Waals surface area contributed by atoms with Crippen molar-refractivity contribution in [1.29, 1.82) is 0 Å². The summed E-state index contributed by atoms with van der Waals surface area (Å²) in [5.41, 5.74) is -0.402. The van der Waals surface area contributed by atoms with Crippen molar-refractivity contribution in [1.82, 2.24) is 4.98 Å². The van der Waals surface area contributed by atoms with E-state index < -0.39 is 17.6 Å². The quantitative estimate of drug-likeness (QED) is 0.867. The van der Waals surface area contributed by atoms with Gasteiger partial charge in [0, 0.05) is 11.8 Å². The van der Waals surface area contributed by atoms with Crippen LogP contribution >= 0.6 is 11.6 Å². The largest absolute Gasteiger partial charge is 0.416 e. The number of benzene rings is 1. The minimum Gasteiger partial charge on any atom is -0.324 e. The Kier molecular flexibility index (Phi) is 4.51. The second-order valence-electron chi connectivity index (χ2n) is 4.96. The third-order valence-electron chi connectivity index (χ3n) is 3.20. The Bertz CT molecular complexity index is 802. The number of carbonyl (C=O) groups is 1. The van der Waals surface area contributed by atoms with Gasteiger partial charge < -0.3 is 10.3 Å². The van der Waals surface area contributed by atoms with Crippen LogP contribution in [0.1, 0.15) is 27.2 Å². The Labute approximate surface area is 134 Å². The zero-order valence-corrected chi connectivity index (χ0v) is 12.9. The molecule has 2 rings (SSSR count). The number of pyridine rings is 1. The van der Waals surface area contributed by atoms with Gasteiger partial charge in [-0.15, -0.1) is 0 Å². The van der Waals surface area contributed by atoms with E-state index in [1.165, 1.54) is 6.07 Å². The molecule has 0 atom stereocenters. The first-order valence-electron chi connectivity index (χ1n) is 6.48. The van der Waals surface area contributed by atoms with E-state index in [0.717, 1.165) is 12.1 Å². The van der Waals surface area contributed by atoms with Gasteiger partial charge >= 0.3 is 6.18 Å². The van der Waals surface area contributed by atoms with Gasteiger partial charge in [-0.25, -0.2) is 0 Å². The first-order valence-corrected chi connectivity index (χ1v) is 6.86. The number of amides is 1. The van der Waals surface area contributed by atoms with Crippen LogP contribution < -0.4 is 10.9 Å². The molecule has 2 aromatic rings. The average Bonchev–Trinajstić information content (AvgIpc) is 2.41. The Morgan fingerprint density at radius 2 is 1.87 bits per heavy atom. The van der Waals surface area contributed by atoms with E-state index in [1.807, 2.05) is 0 Å². The monoisotopic (exact) mass is 344 g/mol. The minimum atomic E-state index is -4.58.